The average molecular weight is 273 g/mol. The maximum absolute atomic E-state index is 10.8. The van der Waals surface area contributed by atoms with Gasteiger partial charge in [0.1, 0.15) is 12.4 Å². The van der Waals surface area contributed by atoms with E-state index in [2.05, 4.69) is 12.4 Å². The van der Waals surface area contributed by atoms with E-state index < -0.39 is 0 Å². The van der Waals surface area contributed by atoms with Gasteiger partial charge in [-0.3, -0.25) is 9.63 Å². The van der Waals surface area contributed by atoms with E-state index in [1.165, 1.54) is 6.92 Å². The minimum Gasteiger partial charge on any atom is -0.494 e. The summed E-state index contributed by atoms with van der Waals surface area (Å²) < 4.78 is 5.65. The Balaban J connectivity index is 2.21. The second kappa shape index (κ2) is 6.91. The highest BCUT2D eigenvalue weighted by Gasteiger charge is 2.04. The molecule has 0 saturated heterocycles. The Bertz CT molecular complexity index is 595. The summed E-state index contributed by atoms with van der Waals surface area (Å²) in [7, 11) is 0. The molecule has 0 heterocycles. The van der Waals surface area contributed by atoms with Crippen LogP contribution in [-0.2, 0) is 16.2 Å². The van der Waals surface area contributed by atoms with E-state index >= 15 is 0 Å². The summed E-state index contributed by atoms with van der Waals surface area (Å²) in [5, 5.41) is 2.20. The smallest absolute Gasteiger partial charge is 0.240 e. The van der Waals surface area contributed by atoms with Gasteiger partial charge in [-0.2, -0.15) is 0 Å². The standard InChI is InChI=1S/C16H19NO3/c1-3-9-19-15-8-7-13-5-4-6-14(16(13)10-15)11-20-17-12(2)18/h4-8,10H,3,9,11H2,1-2H3,(H,17,18). The Morgan fingerprint density at radius 2 is 2.10 bits per heavy atom. The molecule has 0 aliphatic heterocycles. The average Bonchev–Trinajstić information content (AvgIpc) is 2.45. The molecule has 0 bridgehead atoms. The fourth-order valence-corrected chi connectivity index (χ4v) is 1.97. The van der Waals surface area contributed by atoms with Gasteiger partial charge in [-0.25, -0.2) is 5.48 Å². The minimum absolute atomic E-state index is 0.211. The van der Waals surface area contributed by atoms with Crippen molar-refractivity contribution in [2.75, 3.05) is 6.61 Å². The second-order valence-corrected chi connectivity index (χ2v) is 4.60. The summed E-state index contributed by atoms with van der Waals surface area (Å²) >= 11 is 0. The maximum atomic E-state index is 10.8. The number of fused-ring (bicyclic) bond motifs is 1. The Morgan fingerprint density at radius 3 is 2.85 bits per heavy atom. The third-order valence-electron chi connectivity index (χ3n) is 2.86. The van der Waals surface area contributed by atoms with E-state index in [0.717, 1.165) is 28.5 Å². The predicted molar refractivity (Wildman–Crippen MR) is 78.3 cm³/mol. The number of ether oxygens (including phenoxy) is 1. The van der Waals surface area contributed by atoms with E-state index in [0.29, 0.717) is 13.2 Å². The van der Waals surface area contributed by atoms with Crippen LogP contribution in [0, 0.1) is 0 Å². The Kier molecular flexibility index (Phi) is 4.96. The summed E-state index contributed by atoms with van der Waals surface area (Å²) in [6, 6.07) is 12.0. The van der Waals surface area contributed by atoms with Crippen LogP contribution in [0.15, 0.2) is 36.4 Å². The van der Waals surface area contributed by atoms with Crippen LogP contribution in [0.4, 0.5) is 0 Å². The monoisotopic (exact) mass is 273 g/mol. The molecule has 4 heteroatoms. The molecular weight excluding hydrogens is 254 g/mol. The van der Waals surface area contributed by atoms with E-state index in [-0.39, 0.29) is 5.91 Å². The molecular formula is C16H19NO3. The van der Waals surface area contributed by atoms with Crippen molar-refractivity contribution in [2.45, 2.75) is 26.9 Å². The molecule has 4 nitrogen and oxygen atoms in total. The van der Waals surface area contributed by atoms with E-state index in [1.807, 2.05) is 36.4 Å². The molecule has 2 aromatic carbocycles. The van der Waals surface area contributed by atoms with Crippen LogP contribution in [0.3, 0.4) is 0 Å². The van der Waals surface area contributed by atoms with Gasteiger partial charge < -0.3 is 4.74 Å². The molecule has 0 aliphatic carbocycles. The van der Waals surface area contributed by atoms with Gasteiger partial charge in [0.15, 0.2) is 0 Å². The van der Waals surface area contributed by atoms with E-state index in [4.69, 9.17) is 9.57 Å². The lowest BCUT2D eigenvalue weighted by Gasteiger charge is -2.10. The summed E-state index contributed by atoms with van der Waals surface area (Å²) in [6.07, 6.45) is 0.978. The van der Waals surface area contributed by atoms with Gasteiger partial charge in [-0.15, -0.1) is 0 Å². The number of hydroxylamine groups is 1. The number of amides is 1. The van der Waals surface area contributed by atoms with Crippen LogP contribution in [0.25, 0.3) is 10.8 Å². The Morgan fingerprint density at radius 1 is 1.25 bits per heavy atom. The predicted octanol–water partition coefficient (Wildman–Crippen LogP) is 3.20. The van der Waals surface area contributed by atoms with E-state index in [9.17, 15) is 4.79 Å². The molecule has 0 radical (unpaired) electrons. The molecule has 2 aromatic rings. The van der Waals surface area contributed by atoms with Gasteiger partial charge >= 0.3 is 0 Å². The third-order valence-corrected chi connectivity index (χ3v) is 2.86. The van der Waals surface area contributed by atoms with Crippen molar-refractivity contribution in [1.82, 2.24) is 5.48 Å². The molecule has 20 heavy (non-hydrogen) atoms. The summed E-state index contributed by atoms with van der Waals surface area (Å²) in [4.78, 5) is 16.0. The van der Waals surface area contributed by atoms with Gasteiger partial charge in [0, 0.05) is 6.92 Å². The van der Waals surface area contributed by atoms with Crippen LogP contribution in [0.1, 0.15) is 25.8 Å². The Hall–Kier alpha value is -2.07. The number of rotatable bonds is 6. The summed E-state index contributed by atoms with van der Waals surface area (Å²) in [5.74, 6) is 0.642. The van der Waals surface area contributed by atoms with Crippen molar-refractivity contribution in [2.24, 2.45) is 0 Å². The summed E-state index contributed by atoms with van der Waals surface area (Å²) in [6.45, 7) is 4.53. The lowest BCUT2D eigenvalue weighted by Crippen LogP contribution is -2.19. The molecule has 1 amide bonds. The minimum atomic E-state index is -0.211. The molecule has 0 saturated carbocycles. The van der Waals surface area contributed by atoms with Gasteiger partial charge in [0.25, 0.3) is 0 Å². The summed E-state index contributed by atoms with van der Waals surface area (Å²) in [5.41, 5.74) is 3.35. The van der Waals surface area contributed by atoms with Crippen molar-refractivity contribution in [3.05, 3.63) is 42.0 Å². The molecule has 106 valence electrons. The van der Waals surface area contributed by atoms with E-state index in [1.54, 1.807) is 0 Å². The number of carbonyl (C=O) groups is 1. The number of hydrogen-bond acceptors (Lipinski definition) is 3. The van der Waals surface area contributed by atoms with Gasteiger partial charge in [-0.1, -0.05) is 31.2 Å². The normalized spacial score (nSPS) is 10.5. The zero-order chi connectivity index (χ0) is 14.4. The molecule has 1 N–H and O–H groups in total. The first-order chi connectivity index (χ1) is 9.70. The quantitative estimate of drug-likeness (QED) is 0.822. The zero-order valence-electron chi connectivity index (χ0n) is 11.8. The molecule has 0 unspecified atom stereocenters. The zero-order valence-corrected chi connectivity index (χ0v) is 11.8. The molecule has 0 atom stereocenters. The first kappa shape index (κ1) is 14.3. The Labute approximate surface area is 118 Å². The highest BCUT2D eigenvalue weighted by Crippen LogP contribution is 2.24. The fraction of sp³-hybridized carbons (Fsp3) is 0.312. The van der Waals surface area contributed by atoms with Crippen molar-refractivity contribution < 1.29 is 14.4 Å². The van der Waals surface area contributed by atoms with Gasteiger partial charge in [0.2, 0.25) is 5.91 Å². The maximum Gasteiger partial charge on any atom is 0.240 e. The highest BCUT2D eigenvalue weighted by atomic mass is 16.6. The lowest BCUT2D eigenvalue weighted by molar-refractivity contribution is -0.132. The third kappa shape index (κ3) is 3.71. The van der Waals surface area contributed by atoms with Crippen LogP contribution in [0.5, 0.6) is 5.75 Å². The lowest BCUT2D eigenvalue weighted by atomic mass is 10.0. The van der Waals surface area contributed by atoms with Crippen LogP contribution in [0.2, 0.25) is 0 Å². The molecule has 0 spiro atoms. The van der Waals surface area contributed by atoms with Crippen LogP contribution < -0.4 is 10.2 Å². The highest BCUT2D eigenvalue weighted by molar-refractivity contribution is 5.87. The molecule has 2 rings (SSSR count). The van der Waals surface area contributed by atoms with Crippen molar-refractivity contribution in [3.8, 4) is 5.75 Å². The number of hydrogen-bond donors (Lipinski definition) is 1. The topological polar surface area (TPSA) is 47.6 Å². The molecule has 0 aromatic heterocycles. The first-order valence-corrected chi connectivity index (χ1v) is 6.73. The fourth-order valence-electron chi connectivity index (χ4n) is 1.97. The largest absolute Gasteiger partial charge is 0.494 e. The molecule has 0 aliphatic rings. The van der Waals surface area contributed by atoms with Gasteiger partial charge in [-0.05, 0) is 34.9 Å². The van der Waals surface area contributed by atoms with Gasteiger partial charge in [0.05, 0.1) is 6.61 Å². The first-order valence-electron chi connectivity index (χ1n) is 6.73. The van der Waals surface area contributed by atoms with Crippen molar-refractivity contribution >= 4 is 16.7 Å². The number of nitrogens with one attached hydrogen (secondary N) is 1. The molecule has 0 fully saturated rings. The van der Waals surface area contributed by atoms with Crippen molar-refractivity contribution in [1.29, 1.82) is 0 Å². The van der Waals surface area contributed by atoms with Crippen molar-refractivity contribution in [3.63, 3.8) is 0 Å². The SMILES string of the molecule is CCCOc1ccc2cccc(CONC(C)=O)c2c1. The second-order valence-electron chi connectivity index (χ2n) is 4.60. The van der Waals surface area contributed by atoms with Crippen LogP contribution in [-0.4, -0.2) is 12.5 Å². The van der Waals surface area contributed by atoms with Crippen LogP contribution >= 0.6 is 0 Å². The number of carbonyl (C=O) groups excluding carboxylic acids is 1. The number of benzene rings is 2.